The zero-order chi connectivity index (χ0) is 14.5. The van der Waals surface area contributed by atoms with Gasteiger partial charge in [0.2, 0.25) is 0 Å². The van der Waals surface area contributed by atoms with Gasteiger partial charge in [-0.05, 0) is 37.0 Å². The van der Waals surface area contributed by atoms with Crippen LogP contribution >= 0.6 is 0 Å². The van der Waals surface area contributed by atoms with Gasteiger partial charge in [-0.15, -0.1) is 0 Å². The Morgan fingerprint density at radius 2 is 1.67 bits per heavy atom. The lowest BCUT2D eigenvalue weighted by Crippen LogP contribution is -2.45. The number of carboxylic acid groups (broad SMARTS) is 1. The van der Waals surface area contributed by atoms with Gasteiger partial charge in [0.15, 0.2) is 11.5 Å². The topological polar surface area (TPSA) is 55.8 Å². The Kier molecular flexibility index (Phi) is 2.72. The fraction of sp³-hybridized carbons (Fsp3) is 0.588. The van der Waals surface area contributed by atoms with E-state index in [0.717, 1.165) is 55.6 Å². The van der Waals surface area contributed by atoms with E-state index in [-0.39, 0.29) is 0 Å². The van der Waals surface area contributed by atoms with Crippen molar-refractivity contribution in [2.75, 3.05) is 0 Å². The van der Waals surface area contributed by atoms with Gasteiger partial charge in [0.05, 0.1) is 5.41 Å². The van der Waals surface area contributed by atoms with Crippen molar-refractivity contribution >= 4 is 5.97 Å². The Bertz CT molecular complexity index is 582. The molecule has 3 aliphatic rings. The van der Waals surface area contributed by atoms with Crippen LogP contribution < -0.4 is 9.47 Å². The number of ether oxygens (including phenoxy) is 2. The first kappa shape index (κ1) is 13.0. The van der Waals surface area contributed by atoms with Crippen molar-refractivity contribution in [3.05, 3.63) is 23.8 Å². The third-order valence-corrected chi connectivity index (χ3v) is 5.32. The highest BCUT2D eigenvalue weighted by Gasteiger charge is 2.48. The molecule has 4 nitrogen and oxygen atoms in total. The van der Waals surface area contributed by atoms with Crippen molar-refractivity contribution in [3.8, 4) is 11.5 Å². The second-order valence-corrected chi connectivity index (χ2v) is 6.58. The molecule has 1 aromatic carbocycles. The summed E-state index contributed by atoms with van der Waals surface area (Å²) in [6, 6.07) is 5.71. The minimum absolute atomic E-state index is 0.454. The normalized spacial score (nSPS) is 24.6. The van der Waals surface area contributed by atoms with Crippen LogP contribution in [0.4, 0.5) is 0 Å². The van der Waals surface area contributed by atoms with Gasteiger partial charge in [0, 0.05) is 12.8 Å². The van der Waals surface area contributed by atoms with Crippen molar-refractivity contribution in [1.82, 2.24) is 0 Å². The Labute approximate surface area is 124 Å². The van der Waals surface area contributed by atoms with Gasteiger partial charge >= 0.3 is 5.97 Å². The molecule has 2 aliphatic carbocycles. The molecule has 4 heteroatoms. The number of fused-ring (bicyclic) bond motifs is 1. The Balaban J connectivity index is 1.70. The average Bonchev–Trinajstić information content (AvgIpc) is 2.86. The predicted octanol–water partition coefficient (Wildman–Crippen LogP) is 3.62. The summed E-state index contributed by atoms with van der Waals surface area (Å²) in [5, 5.41) is 9.78. The number of benzene rings is 1. The highest BCUT2D eigenvalue weighted by atomic mass is 16.7. The van der Waals surface area contributed by atoms with E-state index >= 15 is 0 Å². The van der Waals surface area contributed by atoms with Crippen LogP contribution in [0.2, 0.25) is 0 Å². The van der Waals surface area contributed by atoms with E-state index < -0.39 is 17.2 Å². The predicted molar refractivity (Wildman–Crippen MR) is 76.7 cm³/mol. The number of rotatable bonds is 2. The molecule has 1 spiro atoms. The SMILES string of the molecule is O=C(O)C1(c2ccc3c(c2)OC2(CCC2)O3)CCCCC1. The third kappa shape index (κ3) is 1.84. The summed E-state index contributed by atoms with van der Waals surface area (Å²) in [4.78, 5) is 11.9. The van der Waals surface area contributed by atoms with Gasteiger partial charge in [0.25, 0.3) is 5.79 Å². The monoisotopic (exact) mass is 288 g/mol. The number of hydrogen-bond acceptors (Lipinski definition) is 3. The van der Waals surface area contributed by atoms with Crippen LogP contribution in [0.3, 0.4) is 0 Å². The molecule has 2 saturated carbocycles. The van der Waals surface area contributed by atoms with Crippen molar-refractivity contribution in [1.29, 1.82) is 0 Å². The van der Waals surface area contributed by atoms with E-state index in [1.54, 1.807) is 0 Å². The largest absolute Gasteiger partial charge is 0.481 e. The third-order valence-electron chi connectivity index (χ3n) is 5.32. The van der Waals surface area contributed by atoms with E-state index in [1.807, 2.05) is 18.2 Å². The Hall–Kier alpha value is -1.71. The molecule has 0 saturated heterocycles. The van der Waals surface area contributed by atoms with Crippen LogP contribution in [0.5, 0.6) is 11.5 Å². The van der Waals surface area contributed by atoms with Crippen molar-refractivity contribution in [2.45, 2.75) is 62.6 Å². The fourth-order valence-electron chi connectivity index (χ4n) is 3.84. The molecule has 1 aromatic rings. The summed E-state index contributed by atoms with van der Waals surface area (Å²) in [5.41, 5.74) is 0.125. The van der Waals surface area contributed by atoms with Crippen LogP contribution in [0.1, 0.15) is 56.9 Å². The first-order chi connectivity index (χ1) is 10.1. The van der Waals surface area contributed by atoms with E-state index in [4.69, 9.17) is 9.47 Å². The standard InChI is InChI=1S/C17H20O4/c18-15(19)16(7-2-1-3-8-16)12-5-6-13-14(11-12)21-17(20-13)9-4-10-17/h5-6,11H,1-4,7-10H2,(H,18,19). The zero-order valence-corrected chi connectivity index (χ0v) is 12.1. The number of aliphatic carboxylic acids is 1. The summed E-state index contributed by atoms with van der Waals surface area (Å²) in [7, 11) is 0. The fourth-order valence-corrected chi connectivity index (χ4v) is 3.84. The lowest BCUT2D eigenvalue weighted by molar-refractivity contribution is -0.145. The van der Waals surface area contributed by atoms with E-state index in [2.05, 4.69) is 0 Å². The highest BCUT2D eigenvalue weighted by molar-refractivity contribution is 5.82. The second kappa shape index (κ2) is 4.39. The molecule has 0 aromatic heterocycles. The molecule has 0 radical (unpaired) electrons. The van der Waals surface area contributed by atoms with Gasteiger partial charge in [-0.1, -0.05) is 25.3 Å². The van der Waals surface area contributed by atoms with Crippen molar-refractivity contribution < 1.29 is 19.4 Å². The Morgan fingerprint density at radius 1 is 0.952 bits per heavy atom. The quantitative estimate of drug-likeness (QED) is 0.903. The first-order valence-electron chi connectivity index (χ1n) is 7.90. The lowest BCUT2D eigenvalue weighted by Gasteiger charge is -2.35. The molecular weight excluding hydrogens is 268 g/mol. The molecule has 112 valence electrons. The van der Waals surface area contributed by atoms with Gasteiger partial charge in [0.1, 0.15) is 0 Å². The van der Waals surface area contributed by atoms with Gasteiger partial charge in [-0.25, -0.2) is 0 Å². The van der Waals surface area contributed by atoms with Crippen molar-refractivity contribution in [2.24, 2.45) is 0 Å². The molecule has 1 aliphatic heterocycles. The molecule has 0 unspecified atom stereocenters. The lowest BCUT2D eigenvalue weighted by atomic mass is 9.69. The summed E-state index contributed by atoms with van der Waals surface area (Å²) < 4.78 is 11.9. The van der Waals surface area contributed by atoms with Gasteiger partial charge < -0.3 is 14.6 Å². The molecule has 21 heavy (non-hydrogen) atoms. The minimum Gasteiger partial charge on any atom is -0.481 e. The van der Waals surface area contributed by atoms with Crippen LogP contribution in [-0.4, -0.2) is 16.9 Å². The van der Waals surface area contributed by atoms with E-state index in [0.29, 0.717) is 12.8 Å². The molecule has 0 amide bonds. The molecule has 0 bridgehead atoms. The summed E-state index contributed by atoms with van der Waals surface area (Å²) in [6.07, 6.45) is 7.47. The van der Waals surface area contributed by atoms with Crippen molar-refractivity contribution in [3.63, 3.8) is 0 Å². The molecular formula is C17H20O4. The molecule has 0 atom stereocenters. The van der Waals surface area contributed by atoms with Crippen LogP contribution in [-0.2, 0) is 10.2 Å². The molecule has 1 heterocycles. The Morgan fingerprint density at radius 3 is 2.29 bits per heavy atom. The maximum absolute atomic E-state index is 11.9. The summed E-state index contributed by atoms with van der Waals surface area (Å²) in [5.74, 6) is 0.316. The maximum Gasteiger partial charge on any atom is 0.314 e. The van der Waals surface area contributed by atoms with Crippen LogP contribution in [0.15, 0.2) is 18.2 Å². The molecule has 2 fully saturated rings. The highest BCUT2D eigenvalue weighted by Crippen LogP contribution is 2.50. The van der Waals surface area contributed by atoms with Crippen LogP contribution in [0.25, 0.3) is 0 Å². The van der Waals surface area contributed by atoms with E-state index in [9.17, 15) is 9.90 Å². The zero-order valence-electron chi connectivity index (χ0n) is 12.1. The number of carbonyl (C=O) groups is 1. The molecule has 4 rings (SSSR count). The first-order valence-corrected chi connectivity index (χ1v) is 7.90. The smallest absolute Gasteiger partial charge is 0.314 e. The maximum atomic E-state index is 11.9. The average molecular weight is 288 g/mol. The van der Waals surface area contributed by atoms with Crippen LogP contribution in [0, 0.1) is 0 Å². The molecule has 1 N–H and O–H groups in total. The van der Waals surface area contributed by atoms with Gasteiger partial charge in [-0.2, -0.15) is 0 Å². The minimum atomic E-state index is -0.744. The van der Waals surface area contributed by atoms with E-state index in [1.165, 1.54) is 0 Å². The number of hydrogen-bond donors (Lipinski definition) is 1. The summed E-state index contributed by atoms with van der Waals surface area (Å²) >= 11 is 0. The second-order valence-electron chi connectivity index (χ2n) is 6.58. The number of carboxylic acids is 1. The van der Waals surface area contributed by atoms with Gasteiger partial charge in [-0.3, -0.25) is 4.79 Å². The summed E-state index contributed by atoms with van der Waals surface area (Å²) in [6.45, 7) is 0.